The first-order chi connectivity index (χ1) is 14.1. The Kier molecular flexibility index (Phi) is 6.91. The Morgan fingerprint density at radius 1 is 1.10 bits per heavy atom. The molecule has 0 radical (unpaired) electrons. The van der Waals surface area contributed by atoms with E-state index in [1.807, 2.05) is 13.0 Å². The van der Waals surface area contributed by atoms with Crippen molar-refractivity contribution in [1.29, 1.82) is 0 Å². The largest absolute Gasteiger partial charge is 0.497 e. The third kappa shape index (κ3) is 5.39. The van der Waals surface area contributed by atoms with E-state index in [1.165, 1.54) is 11.3 Å². The van der Waals surface area contributed by atoms with Gasteiger partial charge in [0.25, 0.3) is 5.91 Å². The minimum atomic E-state index is -0.123. The van der Waals surface area contributed by atoms with E-state index in [9.17, 15) is 9.59 Å². The fourth-order valence-electron chi connectivity index (χ4n) is 2.63. The Balaban J connectivity index is 1.42. The molecule has 1 aromatic carbocycles. The molecule has 0 fully saturated rings. The molecule has 0 atom stereocenters. The van der Waals surface area contributed by atoms with Crippen LogP contribution in [0.15, 0.2) is 48.9 Å². The Hall–Kier alpha value is -3.26. The van der Waals surface area contributed by atoms with Crippen molar-refractivity contribution < 1.29 is 14.3 Å². The topological polar surface area (TPSA) is 93.2 Å². The molecule has 0 aliphatic heterocycles. The van der Waals surface area contributed by atoms with Crippen LogP contribution in [-0.2, 0) is 0 Å². The van der Waals surface area contributed by atoms with Crippen LogP contribution in [0, 0.1) is 6.92 Å². The summed E-state index contributed by atoms with van der Waals surface area (Å²) in [6.07, 6.45) is 5.55. The van der Waals surface area contributed by atoms with Crippen LogP contribution >= 0.6 is 11.3 Å². The van der Waals surface area contributed by atoms with Crippen molar-refractivity contribution in [2.75, 3.05) is 25.5 Å². The summed E-state index contributed by atoms with van der Waals surface area (Å²) in [5.41, 5.74) is 2.07. The third-order valence-corrected chi connectivity index (χ3v) is 5.23. The van der Waals surface area contributed by atoms with E-state index >= 15 is 0 Å². The molecule has 3 aromatic rings. The summed E-state index contributed by atoms with van der Waals surface area (Å²) >= 11 is 1.31. The van der Waals surface area contributed by atoms with Crippen molar-refractivity contribution in [3.05, 3.63) is 70.5 Å². The molecule has 150 valence electrons. The maximum Gasteiger partial charge on any atom is 0.251 e. The van der Waals surface area contributed by atoms with Gasteiger partial charge in [0.1, 0.15) is 5.75 Å². The molecule has 0 bridgehead atoms. The monoisotopic (exact) mass is 410 g/mol. The quantitative estimate of drug-likeness (QED) is 0.415. The standard InChI is InChI=1S/C21H22N4O3S/c1-14-8-11-22-12-17(14)19(26)18-13-25-21(29-18)24-10-3-9-23-20(27)15-4-6-16(28-2)7-5-15/h4-8,11-13H,3,9-10H2,1-2H3,(H,23,27)(H,24,25). The lowest BCUT2D eigenvalue weighted by molar-refractivity contribution is 0.0952. The number of benzene rings is 1. The number of hydrogen-bond donors (Lipinski definition) is 2. The van der Waals surface area contributed by atoms with Gasteiger partial charge in [0.15, 0.2) is 5.13 Å². The number of carbonyl (C=O) groups is 2. The lowest BCUT2D eigenvalue weighted by Crippen LogP contribution is -2.25. The van der Waals surface area contributed by atoms with E-state index in [1.54, 1.807) is 50.0 Å². The van der Waals surface area contributed by atoms with Crippen LogP contribution in [0.2, 0.25) is 0 Å². The van der Waals surface area contributed by atoms with E-state index < -0.39 is 0 Å². The van der Waals surface area contributed by atoms with Crippen LogP contribution in [0.4, 0.5) is 5.13 Å². The number of amides is 1. The number of ether oxygens (including phenoxy) is 1. The van der Waals surface area contributed by atoms with Gasteiger partial charge in [0.2, 0.25) is 5.78 Å². The van der Waals surface area contributed by atoms with Crippen LogP contribution in [-0.4, -0.2) is 41.9 Å². The number of anilines is 1. The van der Waals surface area contributed by atoms with Gasteiger partial charge in [-0.3, -0.25) is 14.6 Å². The van der Waals surface area contributed by atoms with Gasteiger partial charge in [-0.05, 0) is 49.2 Å². The minimum Gasteiger partial charge on any atom is -0.497 e. The van der Waals surface area contributed by atoms with E-state index in [-0.39, 0.29) is 11.7 Å². The fraction of sp³-hybridized carbons (Fsp3) is 0.238. The first kappa shape index (κ1) is 20.5. The summed E-state index contributed by atoms with van der Waals surface area (Å²) in [5, 5.41) is 6.74. The lowest BCUT2D eigenvalue weighted by Gasteiger charge is -2.06. The number of thiazole rings is 1. The molecule has 0 saturated heterocycles. The first-order valence-corrected chi connectivity index (χ1v) is 9.97. The molecule has 1 amide bonds. The highest BCUT2D eigenvalue weighted by molar-refractivity contribution is 7.17. The van der Waals surface area contributed by atoms with Crippen LogP contribution < -0.4 is 15.4 Å². The zero-order valence-electron chi connectivity index (χ0n) is 16.3. The number of carbonyl (C=O) groups excluding carboxylic acids is 2. The lowest BCUT2D eigenvalue weighted by atomic mass is 10.1. The molecular formula is C21H22N4O3S. The van der Waals surface area contributed by atoms with Gasteiger partial charge in [-0.2, -0.15) is 0 Å². The van der Waals surface area contributed by atoms with Crippen LogP contribution in [0.1, 0.15) is 37.6 Å². The summed E-state index contributed by atoms with van der Waals surface area (Å²) in [6.45, 7) is 3.05. The Bertz CT molecular complexity index is 986. The van der Waals surface area contributed by atoms with E-state index in [2.05, 4.69) is 20.6 Å². The normalized spacial score (nSPS) is 10.4. The Labute approximate surface area is 173 Å². The predicted octanol–water partition coefficient (Wildman–Crippen LogP) is 3.32. The Morgan fingerprint density at radius 2 is 1.90 bits per heavy atom. The summed E-state index contributed by atoms with van der Waals surface area (Å²) in [7, 11) is 1.59. The highest BCUT2D eigenvalue weighted by atomic mass is 32.1. The van der Waals surface area contributed by atoms with Gasteiger partial charge in [-0.25, -0.2) is 4.98 Å². The summed E-state index contributed by atoms with van der Waals surface area (Å²) < 4.78 is 5.08. The van der Waals surface area contributed by atoms with Gasteiger partial charge in [0, 0.05) is 36.6 Å². The molecule has 7 nitrogen and oxygen atoms in total. The molecule has 29 heavy (non-hydrogen) atoms. The van der Waals surface area contributed by atoms with Crippen molar-refractivity contribution in [3.8, 4) is 5.75 Å². The first-order valence-electron chi connectivity index (χ1n) is 9.15. The second-order valence-corrected chi connectivity index (χ2v) is 7.34. The molecular weight excluding hydrogens is 388 g/mol. The summed E-state index contributed by atoms with van der Waals surface area (Å²) in [4.78, 5) is 33.5. The number of nitrogens with zero attached hydrogens (tertiary/aromatic N) is 2. The van der Waals surface area contributed by atoms with E-state index in [0.717, 1.165) is 12.0 Å². The number of methoxy groups -OCH3 is 1. The van der Waals surface area contributed by atoms with E-state index in [0.29, 0.717) is 40.0 Å². The molecule has 2 N–H and O–H groups in total. The average molecular weight is 410 g/mol. The van der Waals surface area contributed by atoms with Gasteiger partial charge in [0.05, 0.1) is 18.2 Å². The number of aryl methyl sites for hydroxylation is 1. The summed E-state index contributed by atoms with van der Waals surface area (Å²) in [5.74, 6) is 0.514. The van der Waals surface area contributed by atoms with Gasteiger partial charge in [-0.1, -0.05) is 11.3 Å². The molecule has 0 aliphatic carbocycles. The van der Waals surface area contributed by atoms with E-state index in [4.69, 9.17) is 4.74 Å². The molecule has 2 aromatic heterocycles. The smallest absolute Gasteiger partial charge is 0.251 e. The number of ketones is 1. The Morgan fingerprint density at radius 3 is 2.62 bits per heavy atom. The minimum absolute atomic E-state index is 0.0760. The van der Waals surface area contributed by atoms with Crippen molar-refractivity contribution >= 4 is 28.2 Å². The molecule has 0 spiro atoms. The highest BCUT2D eigenvalue weighted by Gasteiger charge is 2.15. The van der Waals surface area contributed by atoms with Crippen LogP contribution in [0.5, 0.6) is 5.75 Å². The number of pyridine rings is 1. The van der Waals surface area contributed by atoms with Crippen molar-refractivity contribution in [3.63, 3.8) is 0 Å². The van der Waals surface area contributed by atoms with Gasteiger partial charge >= 0.3 is 0 Å². The number of rotatable bonds is 9. The SMILES string of the molecule is COc1ccc(C(=O)NCCCNc2ncc(C(=O)c3cnccc3C)s2)cc1. The van der Waals surface area contributed by atoms with Crippen LogP contribution in [0.3, 0.4) is 0 Å². The third-order valence-electron chi connectivity index (χ3n) is 4.28. The highest BCUT2D eigenvalue weighted by Crippen LogP contribution is 2.22. The second-order valence-electron chi connectivity index (χ2n) is 6.31. The second kappa shape index (κ2) is 9.79. The van der Waals surface area contributed by atoms with Crippen LogP contribution in [0.25, 0.3) is 0 Å². The molecule has 8 heteroatoms. The fourth-order valence-corrected chi connectivity index (χ4v) is 3.42. The van der Waals surface area contributed by atoms with Crippen molar-refractivity contribution in [1.82, 2.24) is 15.3 Å². The summed E-state index contributed by atoms with van der Waals surface area (Å²) in [6, 6.07) is 8.78. The number of aromatic nitrogens is 2. The average Bonchev–Trinajstić information content (AvgIpc) is 3.22. The molecule has 2 heterocycles. The molecule has 0 aliphatic rings. The zero-order chi connectivity index (χ0) is 20.6. The van der Waals surface area contributed by atoms with Gasteiger partial charge in [-0.15, -0.1) is 0 Å². The predicted molar refractivity (Wildman–Crippen MR) is 113 cm³/mol. The maximum atomic E-state index is 12.6. The van der Waals surface area contributed by atoms with Gasteiger partial charge < -0.3 is 15.4 Å². The number of nitrogens with one attached hydrogen (secondary N) is 2. The molecule has 0 saturated carbocycles. The van der Waals surface area contributed by atoms with Crippen molar-refractivity contribution in [2.24, 2.45) is 0 Å². The molecule has 0 unspecified atom stereocenters. The maximum absolute atomic E-state index is 12.6. The molecule has 3 rings (SSSR count). The zero-order valence-corrected chi connectivity index (χ0v) is 17.1. The number of hydrogen-bond acceptors (Lipinski definition) is 7. The van der Waals surface area contributed by atoms with Crippen molar-refractivity contribution in [2.45, 2.75) is 13.3 Å².